The zero-order valence-corrected chi connectivity index (χ0v) is 23.9. The van der Waals surface area contributed by atoms with Crippen molar-refractivity contribution >= 4 is 50.7 Å². The molecule has 0 spiro atoms. The fourth-order valence-corrected chi connectivity index (χ4v) is 5.88. The van der Waals surface area contributed by atoms with Crippen molar-refractivity contribution < 1.29 is 18.0 Å². The van der Waals surface area contributed by atoms with E-state index < -0.39 is 28.5 Å². The lowest BCUT2D eigenvalue weighted by atomic mass is 9.95. The lowest BCUT2D eigenvalue weighted by Gasteiger charge is -2.33. The molecule has 0 aromatic heterocycles. The normalized spacial score (nSPS) is 15.2. The highest BCUT2D eigenvalue weighted by Crippen LogP contribution is 2.27. The molecule has 2 amide bonds. The summed E-state index contributed by atoms with van der Waals surface area (Å²) < 4.78 is 26.5. The first-order valence-electron chi connectivity index (χ1n) is 12.6. The largest absolute Gasteiger partial charge is 0.352 e. The predicted octanol–water partition coefficient (Wildman–Crippen LogP) is 5.19. The zero-order chi connectivity index (χ0) is 27.2. The van der Waals surface area contributed by atoms with Crippen LogP contribution in [0.15, 0.2) is 42.5 Å². The summed E-state index contributed by atoms with van der Waals surface area (Å²) in [6.45, 7) is 3.14. The van der Waals surface area contributed by atoms with Crippen molar-refractivity contribution in [1.82, 2.24) is 10.2 Å². The van der Waals surface area contributed by atoms with Crippen molar-refractivity contribution in [2.24, 2.45) is 0 Å². The number of nitrogens with zero attached hydrogens (tertiary/aromatic N) is 2. The minimum absolute atomic E-state index is 0.0387. The van der Waals surface area contributed by atoms with Crippen LogP contribution in [0.1, 0.15) is 57.1 Å². The quantitative estimate of drug-likeness (QED) is 0.428. The zero-order valence-electron chi connectivity index (χ0n) is 21.5. The van der Waals surface area contributed by atoms with Crippen LogP contribution in [0.2, 0.25) is 10.0 Å². The van der Waals surface area contributed by atoms with Gasteiger partial charge >= 0.3 is 0 Å². The molecule has 0 aliphatic heterocycles. The standard InChI is InChI=1S/C27H35Cl2N3O4S/c1-4-20-13-15-22(16-14-20)32(37(3,35)36)18-26(33)31(17-23-24(28)11-8-12-25(23)29)19(2)27(34)30-21-9-6-5-7-10-21/h8,11-16,19,21H,4-7,9-10,17-18H2,1-3H3,(H,30,34)/t19-/m1/s1. The molecule has 7 nitrogen and oxygen atoms in total. The van der Waals surface area contributed by atoms with E-state index in [0.717, 1.165) is 54.6 Å². The molecule has 0 saturated heterocycles. The van der Waals surface area contributed by atoms with Crippen LogP contribution >= 0.6 is 23.2 Å². The van der Waals surface area contributed by atoms with Gasteiger partial charge in [-0.2, -0.15) is 0 Å². The molecule has 0 heterocycles. The number of halogens is 2. The molecule has 1 saturated carbocycles. The van der Waals surface area contributed by atoms with E-state index in [4.69, 9.17) is 23.2 Å². The fraction of sp³-hybridized carbons (Fsp3) is 0.481. The average molecular weight is 569 g/mol. The van der Waals surface area contributed by atoms with E-state index in [-0.39, 0.29) is 18.5 Å². The van der Waals surface area contributed by atoms with Crippen molar-refractivity contribution in [3.05, 3.63) is 63.6 Å². The summed E-state index contributed by atoms with van der Waals surface area (Å²) in [7, 11) is -3.79. The van der Waals surface area contributed by atoms with Gasteiger partial charge in [0, 0.05) is 28.2 Å². The number of carbonyl (C=O) groups is 2. The second-order valence-corrected chi connectivity index (χ2v) is 12.3. The summed E-state index contributed by atoms with van der Waals surface area (Å²) >= 11 is 12.8. The summed E-state index contributed by atoms with van der Waals surface area (Å²) in [5.74, 6) is -0.825. The molecule has 1 atom stereocenters. The summed E-state index contributed by atoms with van der Waals surface area (Å²) in [5.41, 5.74) is 1.92. The Morgan fingerprint density at radius 3 is 2.16 bits per heavy atom. The molecule has 3 rings (SSSR count). The van der Waals surface area contributed by atoms with Crippen molar-refractivity contribution in [2.45, 2.75) is 71.0 Å². The lowest BCUT2D eigenvalue weighted by Crippen LogP contribution is -2.53. The first-order chi connectivity index (χ1) is 17.5. The first-order valence-corrected chi connectivity index (χ1v) is 15.2. The molecule has 10 heteroatoms. The molecule has 0 bridgehead atoms. The number of sulfonamides is 1. The Balaban J connectivity index is 1.91. The summed E-state index contributed by atoms with van der Waals surface area (Å²) in [4.78, 5) is 28.3. The van der Waals surface area contributed by atoms with Crippen molar-refractivity contribution in [2.75, 3.05) is 17.1 Å². The summed E-state index contributed by atoms with van der Waals surface area (Å²) in [6.07, 6.45) is 6.92. The molecular formula is C27H35Cl2N3O4S. The monoisotopic (exact) mass is 567 g/mol. The van der Waals surface area contributed by atoms with E-state index in [0.29, 0.717) is 21.3 Å². The third kappa shape index (κ3) is 7.85. The SMILES string of the molecule is CCc1ccc(N(CC(=O)N(Cc2c(Cl)cccc2Cl)[C@H](C)C(=O)NC2CCCCC2)S(C)(=O)=O)cc1. The average Bonchev–Trinajstić information content (AvgIpc) is 2.86. The van der Waals surface area contributed by atoms with Crippen LogP contribution in [0.3, 0.4) is 0 Å². The topological polar surface area (TPSA) is 86.8 Å². The Morgan fingerprint density at radius 2 is 1.62 bits per heavy atom. The van der Waals surface area contributed by atoms with Crippen LogP contribution in [-0.2, 0) is 32.6 Å². The van der Waals surface area contributed by atoms with Crippen molar-refractivity contribution in [1.29, 1.82) is 0 Å². The minimum Gasteiger partial charge on any atom is -0.352 e. The lowest BCUT2D eigenvalue weighted by molar-refractivity contribution is -0.139. The second-order valence-electron chi connectivity index (χ2n) is 9.53. The molecule has 2 aromatic rings. The Kier molecular flexibility index (Phi) is 10.3. The highest BCUT2D eigenvalue weighted by atomic mass is 35.5. The number of carbonyl (C=O) groups excluding carboxylic acids is 2. The van der Waals surface area contributed by atoms with Gasteiger partial charge < -0.3 is 10.2 Å². The van der Waals surface area contributed by atoms with E-state index in [1.54, 1.807) is 37.3 Å². The number of hydrogen-bond acceptors (Lipinski definition) is 4. The molecule has 202 valence electrons. The first kappa shape index (κ1) is 29.3. The van der Waals surface area contributed by atoms with Gasteiger partial charge in [-0.1, -0.05) is 67.6 Å². The Bertz CT molecular complexity index is 1180. The number of hydrogen-bond donors (Lipinski definition) is 1. The molecule has 0 radical (unpaired) electrons. The second kappa shape index (κ2) is 13.0. The Morgan fingerprint density at radius 1 is 1.03 bits per heavy atom. The highest BCUT2D eigenvalue weighted by Gasteiger charge is 2.32. The summed E-state index contributed by atoms with van der Waals surface area (Å²) in [5, 5.41) is 3.79. The molecule has 0 unspecified atom stereocenters. The van der Waals surface area contributed by atoms with Crippen LogP contribution in [-0.4, -0.2) is 50.0 Å². The van der Waals surface area contributed by atoms with Gasteiger partial charge in [0.25, 0.3) is 0 Å². The van der Waals surface area contributed by atoms with E-state index >= 15 is 0 Å². The molecule has 1 aliphatic carbocycles. The number of rotatable bonds is 10. The van der Waals surface area contributed by atoms with Gasteiger partial charge in [-0.3, -0.25) is 13.9 Å². The number of nitrogens with one attached hydrogen (secondary N) is 1. The maximum atomic E-state index is 13.7. The van der Waals surface area contributed by atoms with Gasteiger partial charge in [0.05, 0.1) is 11.9 Å². The molecule has 37 heavy (non-hydrogen) atoms. The van der Waals surface area contributed by atoms with Crippen LogP contribution < -0.4 is 9.62 Å². The number of aryl methyl sites for hydroxylation is 1. The third-order valence-corrected chi connectivity index (χ3v) is 8.67. The fourth-order valence-electron chi connectivity index (χ4n) is 4.52. The maximum absolute atomic E-state index is 13.7. The van der Waals surface area contributed by atoms with Crippen LogP contribution in [0, 0.1) is 0 Å². The number of amides is 2. The van der Waals surface area contributed by atoms with Crippen molar-refractivity contribution in [3.8, 4) is 0 Å². The Labute approximate surface area is 230 Å². The smallest absolute Gasteiger partial charge is 0.244 e. The van der Waals surface area contributed by atoms with Crippen LogP contribution in [0.4, 0.5) is 5.69 Å². The molecule has 1 N–H and O–H groups in total. The van der Waals surface area contributed by atoms with E-state index in [1.807, 2.05) is 19.1 Å². The Hall–Kier alpha value is -2.29. The highest BCUT2D eigenvalue weighted by molar-refractivity contribution is 7.92. The van der Waals surface area contributed by atoms with Gasteiger partial charge in [-0.25, -0.2) is 8.42 Å². The van der Waals surface area contributed by atoms with E-state index in [9.17, 15) is 18.0 Å². The summed E-state index contributed by atoms with van der Waals surface area (Å²) in [6, 6.07) is 11.2. The third-order valence-electron chi connectivity index (χ3n) is 6.82. The molecule has 1 fully saturated rings. The van der Waals surface area contributed by atoms with Gasteiger partial charge in [-0.05, 0) is 56.0 Å². The van der Waals surface area contributed by atoms with Gasteiger partial charge in [0.1, 0.15) is 12.6 Å². The van der Waals surface area contributed by atoms with E-state index in [2.05, 4.69) is 5.32 Å². The van der Waals surface area contributed by atoms with Gasteiger partial charge in [0.15, 0.2) is 0 Å². The van der Waals surface area contributed by atoms with Crippen LogP contribution in [0.5, 0.6) is 0 Å². The van der Waals surface area contributed by atoms with Crippen LogP contribution in [0.25, 0.3) is 0 Å². The predicted molar refractivity (Wildman–Crippen MR) is 149 cm³/mol. The van der Waals surface area contributed by atoms with Gasteiger partial charge in [-0.15, -0.1) is 0 Å². The minimum atomic E-state index is -3.79. The van der Waals surface area contributed by atoms with Crippen molar-refractivity contribution in [3.63, 3.8) is 0 Å². The molecule has 2 aromatic carbocycles. The number of anilines is 1. The van der Waals surface area contributed by atoms with E-state index in [1.165, 1.54) is 4.90 Å². The molecule has 1 aliphatic rings. The number of benzene rings is 2. The molecular weight excluding hydrogens is 533 g/mol. The van der Waals surface area contributed by atoms with Gasteiger partial charge in [0.2, 0.25) is 21.8 Å². The maximum Gasteiger partial charge on any atom is 0.244 e.